The summed E-state index contributed by atoms with van der Waals surface area (Å²) < 4.78 is 0. The van der Waals surface area contributed by atoms with Gasteiger partial charge in [-0.3, -0.25) is 19.5 Å². The van der Waals surface area contributed by atoms with Gasteiger partial charge in [-0.2, -0.15) is 0 Å². The number of imidazole rings is 2. The third-order valence-corrected chi connectivity index (χ3v) is 5.78. The van der Waals surface area contributed by atoms with E-state index >= 15 is 0 Å². The SMILES string of the molecule is CC(C)N(CCCCNC(=O)c1ccc(C(=O)N(Cc2ncc[nH]2)Cc2ncc[nH]2)nc1)C(C)C. The Labute approximate surface area is 206 Å². The van der Waals surface area contributed by atoms with E-state index in [9.17, 15) is 9.59 Å². The van der Waals surface area contributed by atoms with Crippen LogP contribution in [-0.4, -0.2) is 71.7 Å². The number of hydrogen-bond donors (Lipinski definition) is 3. The number of nitrogens with one attached hydrogen (secondary N) is 3. The predicted octanol–water partition coefficient (Wildman–Crippen LogP) is 3.00. The number of carbonyl (C=O) groups is 2. The van der Waals surface area contributed by atoms with Gasteiger partial charge in [-0.25, -0.2) is 9.97 Å². The molecule has 3 aromatic heterocycles. The van der Waals surface area contributed by atoms with Gasteiger partial charge in [0.05, 0.1) is 18.7 Å². The van der Waals surface area contributed by atoms with E-state index in [1.165, 1.54) is 6.20 Å². The van der Waals surface area contributed by atoms with Gasteiger partial charge >= 0.3 is 0 Å². The molecule has 0 aliphatic rings. The summed E-state index contributed by atoms with van der Waals surface area (Å²) >= 11 is 0. The van der Waals surface area contributed by atoms with Crippen LogP contribution in [0.15, 0.2) is 43.1 Å². The van der Waals surface area contributed by atoms with Crippen LogP contribution in [0.5, 0.6) is 0 Å². The van der Waals surface area contributed by atoms with E-state index in [0.29, 0.717) is 35.8 Å². The Bertz CT molecular complexity index is 986. The first kappa shape index (κ1) is 26.1. The van der Waals surface area contributed by atoms with Gasteiger partial charge in [0, 0.05) is 49.6 Å². The lowest BCUT2D eigenvalue weighted by molar-refractivity contribution is 0.0715. The summed E-state index contributed by atoms with van der Waals surface area (Å²) in [6.07, 6.45) is 10.1. The molecular weight excluding hydrogens is 444 g/mol. The molecule has 3 N–H and O–H groups in total. The lowest BCUT2D eigenvalue weighted by Gasteiger charge is -2.30. The second-order valence-corrected chi connectivity index (χ2v) is 9.05. The standard InChI is InChI=1S/C25H36N8O2/c1-18(2)33(19(3)4)14-6-5-9-30-24(34)20-7-8-21(31-15-20)25(35)32(16-22-26-10-11-27-22)17-23-28-12-13-29-23/h7-8,10-13,15,18-19H,5-6,9,14,16-17H2,1-4H3,(H,26,27)(H,28,29)(H,30,34). The summed E-state index contributed by atoms with van der Waals surface area (Å²) in [5, 5.41) is 2.94. The zero-order valence-corrected chi connectivity index (χ0v) is 21.0. The molecule has 3 aromatic rings. The molecular formula is C25H36N8O2. The fourth-order valence-corrected chi connectivity index (χ4v) is 3.98. The number of amides is 2. The molecule has 0 spiro atoms. The molecule has 10 heteroatoms. The van der Waals surface area contributed by atoms with E-state index in [4.69, 9.17) is 0 Å². The molecule has 0 aliphatic heterocycles. The molecule has 0 saturated carbocycles. The van der Waals surface area contributed by atoms with Crippen molar-refractivity contribution < 1.29 is 9.59 Å². The van der Waals surface area contributed by atoms with E-state index < -0.39 is 0 Å². The Morgan fingerprint density at radius 2 is 1.54 bits per heavy atom. The van der Waals surface area contributed by atoms with Crippen molar-refractivity contribution in [3.05, 3.63) is 66.0 Å². The van der Waals surface area contributed by atoms with Crippen LogP contribution in [0.4, 0.5) is 0 Å². The van der Waals surface area contributed by atoms with Crippen molar-refractivity contribution >= 4 is 11.8 Å². The number of unbranched alkanes of at least 4 members (excludes halogenated alkanes) is 1. The monoisotopic (exact) mass is 480 g/mol. The van der Waals surface area contributed by atoms with E-state index in [-0.39, 0.29) is 30.6 Å². The maximum Gasteiger partial charge on any atom is 0.273 e. The number of aromatic nitrogens is 5. The van der Waals surface area contributed by atoms with Crippen molar-refractivity contribution in [2.24, 2.45) is 0 Å². The quantitative estimate of drug-likeness (QED) is 0.323. The lowest BCUT2D eigenvalue weighted by atomic mass is 10.2. The third kappa shape index (κ3) is 7.74. The maximum atomic E-state index is 13.1. The highest BCUT2D eigenvalue weighted by Gasteiger charge is 2.20. The smallest absolute Gasteiger partial charge is 0.273 e. The molecule has 3 heterocycles. The first-order valence-corrected chi connectivity index (χ1v) is 12.1. The predicted molar refractivity (Wildman–Crippen MR) is 134 cm³/mol. The average molecular weight is 481 g/mol. The lowest BCUT2D eigenvalue weighted by Crippen LogP contribution is -2.38. The minimum Gasteiger partial charge on any atom is -0.352 e. The molecule has 2 amide bonds. The van der Waals surface area contributed by atoms with Crippen molar-refractivity contribution in [1.29, 1.82) is 0 Å². The molecule has 3 rings (SSSR count). The summed E-state index contributed by atoms with van der Waals surface area (Å²) in [5.41, 5.74) is 0.679. The van der Waals surface area contributed by atoms with E-state index in [2.05, 4.69) is 62.8 Å². The first-order chi connectivity index (χ1) is 16.8. The fourth-order valence-electron chi connectivity index (χ4n) is 3.98. The molecule has 0 bridgehead atoms. The maximum absolute atomic E-state index is 13.1. The molecule has 0 radical (unpaired) electrons. The Morgan fingerprint density at radius 3 is 2.03 bits per heavy atom. The number of H-pyrrole nitrogens is 2. The van der Waals surface area contributed by atoms with Crippen molar-refractivity contribution in [1.82, 2.24) is 40.0 Å². The van der Waals surface area contributed by atoms with Crippen LogP contribution in [0.2, 0.25) is 0 Å². The van der Waals surface area contributed by atoms with Gasteiger partial charge in [-0.1, -0.05) is 0 Å². The highest BCUT2D eigenvalue weighted by Crippen LogP contribution is 2.11. The van der Waals surface area contributed by atoms with Gasteiger partial charge in [0.15, 0.2) is 0 Å². The molecule has 0 atom stereocenters. The number of hydrogen-bond acceptors (Lipinski definition) is 6. The largest absolute Gasteiger partial charge is 0.352 e. The fraction of sp³-hybridized carbons (Fsp3) is 0.480. The van der Waals surface area contributed by atoms with Crippen LogP contribution in [0, 0.1) is 0 Å². The zero-order valence-electron chi connectivity index (χ0n) is 21.0. The van der Waals surface area contributed by atoms with Crippen molar-refractivity contribution in [2.45, 2.75) is 65.7 Å². The van der Waals surface area contributed by atoms with Gasteiger partial charge < -0.3 is 20.2 Å². The third-order valence-electron chi connectivity index (χ3n) is 5.78. The molecule has 0 unspecified atom stereocenters. The highest BCUT2D eigenvalue weighted by molar-refractivity contribution is 5.96. The topological polar surface area (TPSA) is 123 Å². The number of rotatable bonds is 13. The van der Waals surface area contributed by atoms with Gasteiger partial charge in [0.25, 0.3) is 11.8 Å². The Morgan fingerprint density at radius 1 is 0.914 bits per heavy atom. The minimum atomic E-state index is -0.274. The number of nitrogens with zero attached hydrogens (tertiary/aromatic N) is 5. The van der Waals surface area contributed by atoms with Gasteiger partial charge in [-0.05, 0) is 59.2 Å². The molecule has 0 fully saturated rings. The summed E-state index contributed by atoms with van der Waals surface area (Å²) in [7, 11) is 0. The first-order valence-electron chi connectivity index (χ1n) is 12.1. The van der Waals surface area contributed by atoms with Crippen LogP contribution in [0.25, 0.3) is 0 Å². The van der Waals surface area contributed by atoms with E-state index in [1.807, 2.05) is 0 Å². The number of carbonyl (C=O) groups excluding carboxylic acids is 2. The Hall–Kier alpha value is -3.53. The van der Waals surface area contributed by atoms with Crippen LogP contribution < -0.4 is 5.32 Å². The normalized spacial score (nSPS) is 11.4. The van der Waals surface area contributed by atoms with E-state index in [0.717, 1.165) is 19.4 Å². The second-order valence-electron chi connectivity index (χ2n) is 9.05. The number of aromatic amines is 2. The minimum absolute atomic E-state index is 0.191. The van der Waals surface area contributed by atoms with Gasteiger partial charge in [0.2, 0.25) is 0 Å². The van der Waals surface area contributed by atoms with Gasteiger partial charge in [-0.15, -0.1) is 0 Å². The average Bonchev–Trinajstić information content (AvgIpc) is 3.54. The van der Waals surface area contributed by atoms with Gasteiger partial charge in [0.1, 0.15) is 17.3 Å². The summed E-state index contributed by atoms with van der Waals surface area (Å²) in [6, 6.07) is 4.22. The van der Waals surface area contributed by atoms with E-state index in [1.54, 1.807) is 41.8 Å². The zero-order chi connectivity index (χ0) is 25.2. The van der Waals surface area contributed by atoms with Crippen LogP contribution in [-0.2, 0) is 13.1 Å². The molecule has 0 aromatic carbocycles. The Balaban J connectivity index is 1.53. The molecule has 10 nitrogen and oxygen atoms in total. The highest BCUT2D eigenvalue weighted by atomic mass is 16.2. The van der Waals surface area contributed by atoms with Crippen molar-refractivity contribution in [3.8, 4) is 0 Å². The molecule has 35 heavy (non-hydrogen) atoms. The van der Waals surface area contributed by atoms with Crippen LogP contribution in [0.3, 0.4) is 0 Å². The Kier molecular flexibility index (Phi) is 9.54. The molecule has 188 valence electrons. The summed E-state index contributed by atoms with van der Waals surface area (Å²) in [5.74, 6) is 0.852. The second kappa shape index (κ2) is 12.8. The van der Waals surface area contributed by atoms with Crippen LogP contribution >= 0.6 is 0 Å². The van der Waals surface area contributed by atoms with Crippen LogP contribution in [0.1, 0.15) is 73.0 Å². The molecule has 0 saturated heterocycles. The summed E-state index contributed by atoms with van der Waals surface area (Å²) in [6.45, 7) is 11.0. The molecule has 0 aliphatic carbocycles. The number of pyridine rings is 1. The summed E-state index contributed by atoms with van der Waals surface area (Å²) in [4.78, 5) is 48.4. The van der Waals surface area contributed by atoms with Crippen molar-refractivity contribution in [3.63, 3.8) is 0 Å². The van der Waals surface area contributed by atoms with Crippen molar-refractivity contribution in [2.75, 3.05) is 13.1 Å².